The maximum atomic E-state index is 12.8. The molecule has 0 amide bonds. The molecule has 5 nitrogen and oxygen atoms in total. The zero-order valence-electron chi connectivity index (χ0n) is 12.5. The van der Waals surface area contributed by atoms with Gasteiger partial charge in [-0.15, -0.1) is 11.3 Å². The SMILES string of the molecule is Cc1sc(CNC2CC2)cc1S(=O)(=O)N(C)C1CCOC1. The van der Waals surface area contributed by atoms with Crippen LogP contribution in [0.3, 0.4) is 0 Å². The number of rotatable bonds is 6. The van der Waals surface area contributed by atoms with Crippen LogP contribution in [-0.2, 0) is 21.3 Å². The molecule has 1 N–H and O–H groups in total. The molecule has 1 atom stereocenters. The standard InChI is InChI=1S/C14H22N2O3S2/c1-10-14(7-13(20-10)8-15-11-3-4-11)21(17,18)16(2)12-5-6-19-9-12/h7,11-12,15H,3-6,8-9H2,1-2H3. The molecule has 1 aliphatic heterocycles. The van der Waals surface area contributed by atoms with Gasteiger partial charge in [-0.25, -0.2) is 8.42 Å². The van der Waals surface area contributed by atoms with Crippen molar-refractivity contribution in [2.45, 2.75) is 49.7 Å². The minimum Gasteiger partial charge on any atom is -0.380 e. The third-order valence-corrected chi connectivity index (χ3v) is 7.36. The molecule has 21 heavy (non-hydrogen) atoms. The number of likely N-dealkylation sites (N-methyl/N-ethyl adjacent to an activating group) is 1. The van der Waals surface area contributed by atoms with E-state index in [1.807, 2.05) is 13.0 Å². The second-order valence-electron chi connectivity index (χ2n) is 5.83. The Labute approximate surface area is 130 Å². The number of sulfonamides is 1. The van der Waals surface area contributed by atoms with Crippen molar-refractivity contribution in [1.82, 2.24) is 9.62 Å². The van der Waals surface area contributed by atoms with Crippen LogP contribution >= 0.6 is 11.3 Å². The van der Waals surface area contributed by atoms with E-state index in [0.29, 0.717) is 24.2 Å². The highest BCUT2D eigenvalue weighted by Gasteiger charge is 2.32. The highest BCUT2D eigenvalue weighted by Crippen LogP contribution is 2.30. The summed E-state index contributed by atoms with van der Waals surface area (Å²) < 4.78 is 32.3. The molecule has 7 heteroatoms. The number of nitrogens with one attached hydrogen (secondary N) is 1. The molecule has 1 aliphatic carbocycles. The topological polar surface area (TPSA) is 58.6 Å². The van der Waals surface area contributed by atoms with Gasteiger partial charge in [-0.3, -0.25) is 0 Å². The Hall–Kier alpha value is -0.470. The van der Waals surface area contributed by atoms with E-state index in [9.17, 15) is 8.42 Å². The van der Waals surface area contributed by atoms with Crippen molar-refractivity contribution < 1.29 is 13.2 Å². The van der Waals surface area contributed by atoms with Gasteiger partial charge in [0.25, 0.3) is 0 Å². The summed E-state index contributed by atoms with van der Waals surface area (Å²) in [6.45, 7) is 3.79. The van der Waals surface area contributed by atoms with Crippen molar-refractivity contribution in [3.63, 3.8) is 0 Å². The van der Waals surface area contributed by atoms with Gasteiger partial charge in [0.1, 0.15) is 0 Å². The molecule has 1 aromatic heterocycles. The highest BCUT2D eigenvalue weighted by atomic mass is 32.2. The molecule has 0 spiro atoms. The van der Waals surface area contributed by atoms with E-state index in [1.54, 1.807) is 18.4 Å². The van der Waals surface area contributed by atoms with Crippen molar-refractivity contribution in [3.05, 3.63) is 15.8 Å². The summed E-state index contributed by atoms with van der Waals surface area (Å²) in [5.41, 5.74) is 0. The summed E-state index contributed by atoms with van der Waals surface area (Å²) in [7, 11) is -1.76. The lowest BCUT2D eigenvalue weighted by Crippen LogP contribution is -2.37. The van der Waals surface area contributed by atoms with Crippen LogP contribution < -0.4 is 5.32 Å². The van der Waals surface area contributed by atoms with E-state index in [2.05, 4.69) is 5.32 Å². The van der Waals surface area contributed by atoms with Crippen LogP contribution in [0.5, 0.6) is 0 Å². The Morgan fingerprint density at radius 1 is 1.43 bits per heavy atom. The fourth-order valence-corrected chi connectivity index (χ4v) is 5.48. The number of hydrogen-bond acceptors (Lipinski definition) is 5. The zero-order chi connectivity index (χ0) is 15.0. The first-order valence-corrected chi connectivity index (χ1v) is 9.62. The Morgan fingerprint density at radius 2 is 2.19 bits per heavy atom. The maximum absolute atomic E-state index is 12.8. The molecule has 2 aliphatic rings. The van der Waals surface area contributed by atoms with Gasteiger partial charge >= 0.3 is 0 Å². The van der Waals surface area contributed by atoms with Crippen molar-refractivity contribution in [1.29, 1.82) is 0 Å². The van der Waals surface area contributed by atoms with Gasteiger partial charge in [0.05, 0.1) is 17.5 Å². The van der Waals surface area contributed by atoms with Crippen LogP contribution in [0.15, 0.2) is 11.0 Å². The van der Waals surface area contributed by atoms with Crippen molar-refractivity contribution in [3.8, 4) is 0 Å². The summed E-state index contributed by atoms with van der Waals surface area (Å²) in [4.78, 5) is 2.41. The molecule has 1 saturated carbocycles. The second kappa shape index (κ2) is 5.96. The molecule has 2 fully saturated rings. The van der Waals surface area contributed by atoms with E-state index < -0.39 is 10.0 Å². The van der Waals surface area contributed by atoms with Gasteiger partial charge in [0.15, 0.2) is 0 Å². The Balaban J connectivity index is 1.76. The Bertz CT molecular complexity index is 602. The first-order chi connectivity index (χ1) is 9.98. The van der Waals surface area contributed by atoms with Gasteiger partial charge in [-0.2, -0.15) is 4.31 Å². The molecule has 0 bridgehead atoms. The Kier molecular flexibility index (Phi) is 4.38. The fourth-order valence-electron chi connectivity index (χ4n) is 2.56. The van der Waals surface area contributed by atoms with Crippen LogP contribution in [0.4, 0.5) is 0 Å². The Morgan fingerprint density at radius 3 is 2.81 bits per heavy atom. The fraction of sp³-hybridized carbons (Fsp3) is 0.714. The minimum atomic E-state index is -3.42. The van der Waals surface area contributed by atoms with Crippen molar-refractivity contribution in [2.75, 3.05) is 20.3 Å². The lowest BCUT2D eigenvalue weighted by Gasteiger charge is -2.22. The first-order valence-electron chi connectivity index (χ1n) is 7.37. The smallest absolute Gasteiger partial charge is 0.244 e. The van der Waals surface area contributed by atoms with E-state index in [1.165, 1.54) is 17.1 Å². The molecule has 1 aromatic rings. The van der Waals surface area contributed by atoms with Gasteiger partial charge < -0.3 is 10.1 Å². The highest BCUT2D eigenvalue weighted by molar-refractivity contribution is 7.89. The summed E-state index contributed by atoms with van der Waals surface area (Å²) in [6, 6.07) is 2.42. The minimum absolute atomic E-state index is 0.0395. The van der Waals surface area contributed by atoms with Crippen LogP contribution in [0.25, 0.3) is 0 Å². The molecule has 1 unspecified atom stereocenters. The average Bonchev–Trinajstić information content (AvgIpc) is 2.97. The average molecular weight is 330 g/mol. The van der Waals surface area contributed by atoms with E-state index in [4.69, 9.17) is 4.74 Å². The van der Waals surface area contributed by atoms with Crippen LogP contribution in [-0.4, -0.2) is 45.1 Å². The lowest BCUT2D eigenvalue weighted by molar-refractivity contribution is 0.181. The molecular formula is C14H22N2O3S2. The van der Waals surface area contributed by atoms with Gasteiger partial charge in [-0.05, 0) is 32.3 Å². The summed E-state index contributed by atoms with van der Waals surface area (Å²) in [5.74, 6) is 0. The molecule has 3 rings (SSSR count). The molecule has 1 saturated heterocycles. The molecule has 0 aromatic carbocycles. The summed E-state index contributed by atoms with van der Waals surface area (Å²) >= 11 is 1.57. The van der Waals surface area contributed by atoms with Crippen molar-refractivity contribution in [2.24, 2.45) is 0 Å². The third-order valence-electron chi connectivity index (χ3n) is 4.14. The summed E-state index contributed by atoms with van der Waals surface area (Å²) in [6.07, 6.45) is 3.24. The van der Waals surface area contributed by atoms with Crippen LogP contribution in [0.2, 0.25) is 0 Å². The molecule has 118 valence electrons. The van der Waals surface area contributed by atoms with Gasteiger partial charge in [0, 0.05) is 36.0 Å². The number of thiophene rings is 1. The van der Waals surface area contributed by atoms with Gasteiger partial charge in [0.2, 0.25) is 10.0 Å². The van der Waals surface area contributed by atoms with E-state index in [0.717, 1.165) is 22.7 Å². The number of hydrogen-bond donors (Lipinski definition) is 1. The van der Waals surface area contributed by atoms with Crippen LogP contribution in [0, 0.1) is 6.92 Å². The largest absolute Gasteiger partial charge is 0.380 e. The quantitative estimate of drug-likeness (QED) is 0.863. The monoisotopic (exact) mass is 330 g/mol. The first kappa shape index (κ1) is 15.4. The number of ether oxygens (including phenoxy) is 1. The molecule has 2 heterocycles. The zero-order valence-corrected chi connectivity index (χ0v) is 14.1. The normalized spacial score (nSPS) is 23.1. The number of aryl methyl sites for hydroxylation is 1. The van der Waals surface area contributed by atoms with Crippen LogP contribution in [0.1, 0.15) is 29.0 Å². The lowest BCUT2D eigenvalue weighted by atomic mass is 10.3. The van der Waals surface area contributed by atoms with E-state index in [-0.39, 0.29) is 6.04 Å². The third kappa shape index (κ3) is 3.32. The molecular weight excluding hydrogens is 308 g/mol. The number of nitrogens with zero attached hydrogens (tertiary/aromatic N) is 1. The second-order valence-corrected chi connectivity index (χ2v) is 9.13. The maximum Gasteiger partial charge on any atom is 0.244 e. The predicted molar refractivity (Wildman–Crippen MR) is 83.1 cm³/mol. The predicted octanol–water partition coefficient (Wildman–Crippen LogP) is 1.72. The molecule has 0 radical (unpaired) electrons. The van der Waals surface area contributed by atoms with Gasteiger partial charge in [-0.1, -0.05) is 0 Å². The van der Waals surface area contributed by atoms with Crippen molar-refractivity contribution >= 4 is 21.4 Å². The van der Waals surface area contributed by atoms with E-state index >= 15 is 0 Å². The summed E-state index contributed by atoms with van der Waals surface area (Å²) in [5, 5.41) is 3.43.